The molecule has 4 rings (SSSR count). The van der Waals surface area contributed by atoms with Crippen molar-refractivity contribution in [2.45, 2.75) is 39.7 Å². The van der Waals surface area contributed by atoms with E-state index in [1.165, 1.54) is 0 Å². The van der Waals surface area contributed by atoms with Crippen molar-refractivity contribution in [3.05, 3.63) is 46.9 Å². The molecule has 148 valence electrons. The van der Waals surface area contributed by atoms with E-state index in [9.17, 15) is 9.59 Å². The molecule has 0 unspecified atom stereocenters. The van der Waals surface area contributed by atoms with E-state index in [0.29, 0.717) is 17.1 Å². The highest BCUT2D eigenvalue weighted by atomic mass is 16.7. The first-order valence-electron chi connectivity index (χ1n) is 9.37. The normalized spacial score (nSPS) is 19.0. The van der Waals surface area contributed by atoms with Gasteiger partial charge in [-0.25, -0.2) is 0 Å². The van der Waals surface area contributed by atoms with E-state index in [1.807, 2.05) is 13.0 Å². The van der Waals surface area contributed by atoms with E-state index in [1.54, 1.807) is 18.2 Å². The van der Waals surface area contributed by atoms with Crippen molar-refractivity contribution in [2.24, 2.45) is 5.41 Å². The lowest BCUT2D eigenvalue weighted by molar-refractivity contribution is -0.121. The number of hydrogen-bond donors (Lipinski definition) is 2. The first-order chi connectivity index (χ1) is 13.3. The second-order valence-electron chi connectivity index (χ2n) is 8.15. The van der Waals surface area contributed by atoms with Crippen LogP contribution in [0.1, 0.15) is 53.8 Å². The van der Waals surface area contributed by atoms with Crippen LogP contribution in [0.3, 0.4) is 0 Å². The molecule has 2 amide bonds. The number of rotatable bonds is 4. The first-order valence-corrected chi connectivity index (χ1v) is 9.37. The topological polar surface area (TPSA) is 89.8 Å². The first kappa shape index (κ1) is 18.4. The van der Waals surface area contributed by atoms with Crippen LogP contribution in [-0.2, 0) is 11.2 Å². The fourth-order valence-corrected chi connectivity index (χ4v) is 3.86. The Bertz CT molecular complexity index is 931. The molecular formula is C21H24N2O5. The molecule has 1 aliphatic carbocycles. The molecule has 0 spiro atoms. The number of benzene rings is 1. The molecule has 1 aliphatic heterocycles. The lowest BCUT2D eigenvalue weighted by Gasteiger charge is -2.34. The zero-order valence-corrected chi connectivity index (χ0v) is 16.3. The molecule has 0 radical (unpaired) electrons. The SMILES string of the molecule is Cc1cc2c(o1)CC(C)(C)C[C@H]2NC(=O)CNC(=O)c1ccc2c(c1)OCO2. The summed E-state index contributed by atoms with van der Waals surface area (Å²) in [7, 11) is 0. The van der Waals surface area contributed by atoms with Crippen molar-refractivity contribution < 1.29 is 23.5 Å². The number of carbonyl (C=O) groups excluding carboxylic acids is 2. The number of carbonyl (C=O) groups is 2. The number of ether oxygens (including phenoxy) is 2. The third kappa shape index (κ3) is 3.69. The van der Waals surface area contributed by atoms with Crippen LogP contribution in [0.15, 0.2) is 28.7 Å². The summed E-state index contributed by atoms with van der Waals surface area (Å²) < 4.78 is 16.3. The zero-order chi connectivity index (χ0) is 19.9. The average molecular weight is 384 g/mol. The molecule has 1 aromatic heterocycles. The van der Waals surface area contributed by atoms with E-state index < -0.39 is 0 Å². The summed E-state index contributed by atoms with van der Waals surface area (Å²) in [4.78, 5) is 24.8. The highest BCUT2D eigenvalue weighted by Crippen LogP contribution is 2.42. The summed E-state index contributed by atoms with van der Waals surface area (Å²) >= 11 is 0. The van der Waals surface area contributed by atoms with Gasteiger partial charge in [0.15, 0.2) is 11.5 Å². The van der Waals surface area contributed by atoms with E-state index in [2.05, 4.69) is 24.5 Å². The fourth-order valence-electron chi connectivity index (χ4n) is 3.86. The van der Waals surface area contributed by atoms with Crippen molar-refractivity contribution >= 4 is 11.8 Å². The molecule has 2 aromatic rings. The molecule has 1 atom stereocenters. The monoisotopic (exact) mass is 384 g/mol. The van der Waals surface area contributed by atoms with Gasteiger partial charge >= 0.3 is 0 Å². The van der Waals surface area contributed by atoms with Crippen LogP contribution in [0.25, 0.3) is 0 Å². The summed E-state index contributed by atoms with van der Waals surface area (Å²) in [6.45, 7) is 6.28. The quantitative estimate of drug-likeness (QED) is 0.846. The van der Waals surface area contributed by atoms with Gasteiger partial charge in [-0.2, -0.15) is 0 Å². The van der Waals surface area contributed by atoms with Crippen molar-refractivity contribution in [3.8, 4) is 11.5 Å². The summed E-state index contributed by atoms with van der Waals surface area (Å²) in [6, 6.07) is 6.81. The van der Waals surface area contributed by atoms with Crippen LogP contribution < -0.4 is 20.1 Å². The van der Waals surface area contributed by atoms with Gasteiger partial charge in [0.2, 0.25) is 12.7 Å². The average Bonchev–Trinajstić information content (AvgIpc) is 3.23. The van der Waals surface area contributed by atoms with E-state index >= 15 is 0 Å². The number of nitrogens with one attached hydrogen (secondary N) is 2. The van der Waals surface area contributed by atoms with Gasteiger partial charge in [0.1, 0.15) is 11.5 Å². The van der Waals surface area contributed by atoms with E-state index in [-0.39, 0.29) is 36.6 Å². The number of aryl methyl sites for hydroxylation is 1. The number of amides is 2. The predicted molar refractivity (Wildman–Crippen MR) is 101 cm³/mol. The molecule has 0 fully saturated rings. The van der Waals surface area contributed by atoms with E-state index in [4.69, 9.17) is 13.9 Å². The van der Waals surface area contributed by atoms with Crippen LogP contribution in [0, 0.1) is 12.3 Å². The number of fused-ring (bicyclic) bond motifs is 2. The molecule has 0 saturated heterocycles. The second-order valence-corrected chi connectivity index (χ2v) is 8.15. The Morgan fingerprint density at radius 2 is 1.96 bits per heavy atom. The Balaban J connectivity index is 1.37. The molecular weight excluding hydrogens is 360 g/mol. The smallest absolute Gasteiger partial charge is 0.251 e. The highest BCUT2D eigenvalue weighted by Gasteiger charge is 2.35. The van der Waals surface area contributed by atoms with Crippen LogP contribution in [0.2, 0.25) is 0 Å². The van der Waals surface area contributed by atoms with Gasteiger partial charge in [-0.15, -0.1) is 0 Å². The van der Waals surface area contributed by atoms with Gasteiger partial charge in [0.25, 0.3) is 5.91 Å². The summed E-state index contributed by atoms with van der Waals surface area (Å²) in [5, 5.41) is 5.69. The molecule has 2 heterocycles. The molecule has 7 nitrogen and oxygen atoms in total. The maximum atomic E-state index is 12.5. The van der Waals surface area contributed by atoms with Crippen molar-refractivity contribution in [1.29, 1.82) is 0 Å². The summed E-state index contributed by atoms with van der Waals surface area (Å²) in [5.74, 6) is 2.35. The van der Waals surface area contributed by atoms with Crippen LogP contribution in [0.4, 0.5) is 0 Å². The minimum atomic E-state index is -0.336. The Morgan fingerprint density at radius 1 is 1.18 bits per heavy atom. The molecule has 1 aromatic carbocycles. The largest absolute Gasteiger partial charge is 0.466 e. The molecule has 28 heavy (non-hydrogen) atoms. The van der Waals surface area contributed by atoms with Gasteiger partial charge in [-0.1, -0.05) is 13.8 Å². The second kappa shape index (κ2) is 6.89. The van der Waals surface area contributed by atoms with Gasteiger partial charge < -0.3 is 24.5 Å². The van der Waals surface area contributed by atoms with Crippen LogP contribution in [0.5, 0.6) is 11.5 Å². The van der Waals surface area contributed by atoms with Crippen LogP contribution in [-0.4, -0.2) is 25.2 Å². The maximum Gasteiger partial charge on any atom is 0.251 e. The van der Waals surface area contributed by atoms with Gasteiger partial charge in [0.05, 0.1) is 12.6 Å². The molecule has 0 bridgehead atoms. The summed E-state index contributed by atoms with van der Waals surface area (Å²) in [6.07, 6.45) is 1.67. The third-order valence-corrected chi connectivity index (χ3v) is 5.12. The Morgan fingerprint density at radius 3 is 2.79 bits per heavy atom. The zero-order valence-electron chi connectivity index (χ0n) is 16.3. The summed E-state index contributed by atoms with van der Waals surface area (Å²) in [5.41, 5.74) is 1.49. The minimum Gasteiger partial charge on any atom is -0.466 e. The Labute approximate surface area is 163 Å². The molecule has 2 aliphatic rings. The van der Waals surface area contributed by atoms with Gasteiger partial charge in [-0.3, -0.25) is 9.59 Å². The number of hydrogen-bond acceptors (Lipinski definition) is 5. The Kier molecular flexibility index (Phi) is 4.53. The molecule has 7 heteroatoms. The maximum absolute atomic E-state index is 12.5. The third-order valence-electron chi connectivity index (χ3n) is 5.12. The van der Waals surface area contributed by atoms with Crippen LogP contribution >= 0.6 is 0 Å². The Hall–Kier alpha value is -2.96. The fraction of sp³-hybridized carbons (Fsp3) is 0.429. The highest BCUT2D eigenvalue weighted by molar-refractivity contribution is 5.97. The minimum absolute atomic E-state index is 0.0327. The predicted octanol–water partition coefficient (Wildman–Crippen LogP) is 2.88. The van der Waals surface area contributed by atoms with Crippen molar-refractivity contribution in [1.82, 2.24) is 10.6 Å². The standard InChI is InChI=1S/C21H24N2O5/c1-12-6-14-15(8-21(2,3)9-18(14)28-12)23-19(24)10-22-20(25)13-4-5-16-17(7-13)27-11-26-16/h4-7,15H,8-11H2,1-3H3,(H,22,25)(H,23,24)/t15-/m1/s1. The van der Waals surface area contributed by atoms with Gasteiger partial charge in [0, 0.05) is 17.5 Å². The van der Waals surface area contributed by atoms with Gasteiger partial charge in [-0.05, 0) is 43.0 Å². The number of furan rings is 1. The van der Waals surface area contributed by atoms with E-state index in [0.717, 1.165) is 29.9 Å². The van der Waals surface area contributed by atoms with Crippen molar-refractivity contribution in [3.63, 3.8) is 0 Å². The lowest BCUT2D eigenvalue weighted by Crippen LogP contribution is -2.41. The van der Waals surface area contributed by atoms with Crippen molar-refractivity contribution in [2.75, 3.05) is 13.3 Å². The molecule has 2 N–H and O–H groups in total. The lowest BCUT2D eigenvalue weighted by atomic mass is 9.74. The molecule has 0 saturated carbocycles.